The minimum absolute atomic E-state index is 0.0834. The van der Waals surface area contributed by atoms with Gasteiger partial charge in [0.1, 0.15) is 5.76 Å². The quantitative estimate of drug-likeness (QED) is 0.635. The second kappa shape index (κ2) is 8.42. The molecule has 3 aromatic heterocycles. The third-order valence-electron chi connectivity index (χ3n) is 5.98. The van der Waals surface area contributed by atoms with E-state index in [0.29, 0.717) is 11.5 Å². The number of aromatic nitrogens is 4. The van der Waals surface area contributed by atoms with Crippen molar-refractivity contribution in [3.05, 3.63) is 52.8 Å². The second-order valence-corrected chi connectivity index (χ2v) is 7.92. The van der Waals surface area contributed by atoms with Gasteiger partial charge in [-0.3, -0.25) is 14.5 Å². The van der Waals surface area contributed by atoms with Crippen LogP contribution in [0.15, 0.2) is 28.9 Å². The Morgan fingerprint density at radius 2 is 1.93 bits per heavy atom. The van der Waals surface area contributed by atoms with E-state index in [0.717, 1.165) is 73.0 Å². The van der Waals surface area contributed by atoms with Crippen molar-refractivity contribution in [1.29, 1.82) is 0 Å². The van der Waals surface area contributed by atoms with E-state index in [-0.39, 0.29) is 5.91 Å². The van der Waals surface area contributed by atoms with Gasteiger partial charge in [0.05, 0.1) is 28.2 Å². The standard InChI is InChI=1S/C23H29N5O2/c1-5-21-22(16(4)26-30-21)20-9-7-8-19(24-20)17-10-12-27(13-11-17)23(29)18-14-28(6-2)25-15(18)3/h7-9,14,17H,5-6,10-13H2,1-4H3. The first-order valence-corrected chi connectivity index (χ1v) is 10.8. The number of piperidine rings is 1. The SMILES string of the molecule is CCc1onc(C)c1-c1cccc(C2CCN(C(=O)c3cn(CC)nc3C)CC2)n1. The molecule has 0 radical (unpaired) electrons. The average molecular weight is 408 g/mol. The molecule has 1 saturated heterocycles. The second-order valence-electron chi connectivity index (χ2n) is 7.92. The zero-order chi connectivity index (χ0) is 21.3. The number of amides is 1. The first-order valence-electron chi connectivity index (χ1n) is 10.8. The monoisotopic (exact) mass is 407 g/mol. The highest BCUT2D eigenvalue weighted by atomic mass is 16.5. The molecule has 4 rings (SSSR count). The Kier molecular flexibility index (Phi) is 5.70. The number of nitrogens with zero attached hydrogens (tertiary/aromatic N) is 5. The van der Waals surface area contributed by atoms with Crippen molar-refractivity contribution in [2.75, 3.05) is 13.1 Å². The van der Waals surface area contributed by atoms with Crippen molar-refractivity contribution in [3.8, 4) is 11.3 Å². The van der Waals surface area contributed by atoms with Gasteiger partial charge in [0.15, 0.2) is 0 Å². The lowest BCUT2D eigenvalue weighted by molar-refractivity contribution is 0.0711. The molecule has 1 aliphatic rings. The van der Waals surface area contributed by atoms with Crippen LogP contribution in [0.5, 0.6) is 0 Å². The summed E-state index contributed by atoms with van der Waals surface area (Å²) in [4.78, 5) is 19.8. The molecule has 158 valence electrons. The molecule has 3 aromatic rings. The highest BCUT2D eigenvalue weighted by molar-refractivity contribution is 5.95. The van der Waals surface area contributed by atoms with E-state index in [9.17, 15) is 4.79 Å². The molecule has 0 bridgehead atoms. The van der Waals surface area contributed by atoms with E-state index >= 15 is 0 Å². The Labute approximate surface area is 177 Å². The molecule has 0 atom stereocenters. The molecule has 1 aliphatic heterocycles. The largest absolute Gasteiger partial charge is 0.360 e. The smallest absolute Gasteiger partial charge is 0.257 e. The molecule has 7 heteroatoms. The molecule has 0 N–H and O–H groups in total. The Bertz CT molecular complexity index is 1040. The summed E-state index contributed by atoms with van der Waals surface area (Å²) in [6, 6.07) is 6.17. The highest BCUT2D eigenvalue weighted by Crippen LogP contribution is 2.31. The Morgan fingerprint density at radius 1 is 1.17 bits per heavy atom. The van der Waals surface area contributed by atoms with Gasteiger partial charge in [-0.15, -0.1) is 0 Å². The molecule has 0 spiro atoms. The number of hydrogen-bond acceptors (Lipinski definition) is 5. The molecular formula is C23H29N5O2. The maximum absolute atomic E-state index is 13.0. The fourth-order valence-corrected chi connectivity index (χ4v) is 4.24. The first-order chi connectivity index (χ1) is 14.5. The molecule has 1 amide bonds. The third-order valence-corrected chi connectivity index (χ3v) is 5.98. The van der Waals surface area contributed by atoms with Crippen molar-refractivity contribution < 1.29 is 9.32 Å². The van der Waals surface area contributed by atoms with E-state index in [4.69, 9.17) is 9.51 Å². The van der Waals surface area contributed by atoms with Crippen LogP contribution in [0.3, 0.4) is 0 Å². The summed E-state index contributed by atoms with van der Waals surface area (Å²) in [6.07, 6.45) is 4.47. The molecule has 1 fully saturated rings. The molecule has 0 saturated carbocycles. The third kappa shape index (κ3) is 3.76. The topological polar surface area (TPSA) is 77.0 Å². The van der Waals surface area contributed by atoms with Gasteiger partial charge in [0, 0.05) is 43.9 Å². The van der Waals surface area contributed by atoms with Crippen LogP contribution >= 0.6 is 0 Å². The van der Waals surface area contributed by atoms with E-state index < -0.39 is 0 Å². The fraction of sp³-hybridized carbons (Fsp3) is 0.478. The number of carbonyl (C=O) groups excluding carboxylic acids is 1. The summed E-state index contributed by atoms with van der Waals surface area (Å²) in [6.45, 7) is 10.2. The molecular weight excluding hydrogens is 378 g/mol. The van der Waals surface area contributed by atoms with E-state index in [1.165, 1.54) is 0 Å². The summed E-state index contributed by atoms with van der Waals surface area (Å²) in [5.41, 5.74) is 5.40. The van der Waals surface area contributed by atoms with Gasteiger partial charge in [-0.25, -0.2) is 0 Å². The minimum Gasteiger partial charge on any atom is -0.360 e. The number of likely N-dealkylation sites (tertiary alicyclic amines) is 1. The lowest BCUT2D eigenvalue weighted by Crippen LogP contribution is -2.38. The van der Waals surface area contributed by atoms with Crippen LogP contribution in [0.2, 0.25) is 0 Å². The normalized spacial score (nSPS) is 15.0. The van der Waals surface area contributed by atoms with E-state index in [1.54, 1.807) is 0 Å². The minimum atomic E-state index is 0.0834. The predicted molar refractivity (Wildman–Crippen MR) is 114 cm³/mol. The van der Waals surface area contributed by atoms with Crippen LogP contribution in [0, 0.1) is 13.8 Å². The summed E-state index contributed by atoms with van der Waals surface area (Å²) in [5, 5.41) is 8.52. The number of rotatable bonds is 5. The molecule has 7 nitrogen and oxygen atoms in total. The summed E-state index contributed by atoms with van der Waals surface area (Å²) in [5.74, 6) is 1.30. The van der Waals surface area contributed by atoms with Gasteiger partial charge >= 0.3 is 0 Å². The predicted octanol–water partition coefficient (Wildman–Crippen LogP) is 4.15. The molecule has 30 heavy (non-hydrogen) atoms. The van der Waals surface area contributed by atoms with Gasteiger partial charge in [-0.05, 0) is 45.7 Å². The zero-order valence-corrected chi connectivity index (χ0v) is 18.2. The lowest BCUT2D eigenvalue weighted by atomic mass is 9.92. The van der Waals surface area contributed by atoms with E-state index in [2.05, 4.69) is 29.3 Å². The summed E-state index contributed by atoms with van der Waals surface area (Å²) in [7, 11) is 0. The Morgan fingerprint density at radius 3 is 2.60 bits per heavy atom. The van der Waals surface area contributed by atoms with Crippen LogP contribution in [0.1, 0.15) is 65.8 Å². The summed E-state index contributed by atoms with van der Waals surface area (Å²) >= 11 is 0. The van der Waals surface area contributed by atoms with Crippen LogP contribution in [0.25, 0.3) is 11.3 Å². The molecule has 0 aliphatic carbocycles. The van der Waals surface area contributed by atoms with Gasteiger partial charge < -0.3 is 9.42 Å². The van der Waals surface area contributed by atoms with Gasteiger partial charge in [-0.1, -0.05) is 18.1 Å². The van der Waals surface area contributed by atoms with Crippen LogP contribution in [-0.4, -0.2) is 43.8 Å². The number of hydrogen-bond donors (Lipinski definition) is 0. The van der Waals surface area contributed by atoms with Crippen LogP contribution in [0.4, 0.5) is 0 Å². The zero-order valence-electron chi connectivity index (χ0n) is 18.2. The van der Waals surface area contributed by atoms with E-state index in [1.807, 2.05) is 42.6 Å². The average Bonchev–Trinajstić information content (AvgIpc) is 3.35. The van der Waals surface area contributed by atoms with Crippen molar-refractivity contribution in [2.24, 2.45) is 0 Å². The Hall–Kier alpha value is -2.96. The van der Waals surface area contributed by atoms with Gasteiger partial charge in [-0.2, -0.15) is 5.10 Å². The van der Waals surface area contributed by atoms with Crippen LogP contribution in [-0.2, 0) is 13.0 Å². The number of pyridine rings is 1. The summed E-state index contributed by atoms with van der Waals surface area (Å²) < 4.78 is 7.27. The van der Waals surface area contributed by atoms with Crippen molar-refractivity contribution in [1.82, 2.24) is 24.8 Å². The Balaban J connectivity index is 1.47. The number of aryl methyl sites for hydroxylation is 4. The van der Waals surface area contributed by atoms with Crippen molar-refractivity contribution in [2.45, 2.75) is 59.4 Å². The maximum atomic E-state index is 13.0. The van der Waals surface area contributed by atoms with Gasteiger partial charge in [0.25, 0.3) is 5.91 Å². The first kappa shape index (κ1) is 20.3. The molecule has 0 unspecified atom stereocenters. The molecule has 4 heterocycles. The highest BCUT2D eigenvalue weighted by Gasteiger charge is 2.27. The maximum Gasteiger partial charge on any atom is 0.257 e. The lowest BCUT2D eigenvalue weighted by Gasteiger charge is -2.31. The number of carbonyl (C=O) groups is 1. The molecule has 0 aromatic carbocycles. The van der Waals surface area contributed by atoms with Gasteiger partial charge in [0.2, 0.25) is 0 Å². The fourth-order valence-electron chi connectivity index (χ4n) is 4.24. The van der Waals surface area contributed by atoms with Crippen LogP contribution < -0.4 is 0 Å². The van der Waals surface area contributed by atoms with Crippen molar-refractivity contribution in [3.63, 3.8) is 0 Å². The van der Waals surface area contributed by atoms with Crippen molar-refractivity contribution >= 4 is 5.91 Å².